The monoisotopic (exact) mass is 369 g/mol. The van der Waals surface area contributed by atoms with Gasteiger partial charge in [-0.15, -0.1) is 0 Å². The molecule has 0 aliphatic heterocycles. The third-order valence-electron chi connectivity index (χ3n) is 4.46. The Hall–Kier alpha value is -1.60. The molecule has 1 aromatic carbocycles. The van der Waals surface area contributed by atoms with Crippen LogP contribution in [0.2, 0.25) is 0 Å². The van der Waals surface area contributed by atoms with E-state index in [0.717, 1.165) is 24.0 Å². The summed E-state index contributed by atoms with van der Waals surface area (Å²) in [5, 5.41) is 0. The van der Waals surface area contributed by atoms with Gasteiger partial charge in [-0.05, 0) is 56.9 Å². The van der Waals surface area contributed by atoms with Crippen LogP contribution in [0.4, 0.5) is 0 Å². The maximum absolute atomic E-state index is 13.3. The smallest absolute Gasteiger partial charge is 0.309 e. The van der Waals surface area contributed by atoms with Crippen LogP contribution in [-0.2, 0) is 19.6 Å². The van der Waals surface area contributed by atoms with Crippen molar-refractivity contribution in [3.8, 4) is 5.75 Å². The van der Waals surface area contributed by atoms with Crippen LogP contribution >= 0.6 is 0 Å². The van der Waals surface area contributed by atoms with Crippen LogP contribution in [0.15, 0.2) is 17.0 Å². The minimum Gasteiger partial charge on any atom is -0.495 e. The number of aryl methyl sites for hydroxylation is 2. The van der Waals surface area contributed by atoms with Crippen LogP contribution in [0.3, 0.4) is 0 Å². The van der Waals surface area contributed by atoms with E-state index in [9.17, 15) is 13.2 Å². The Morgan fingerprint density at radius 1 is 1.28 bits per heavy atom. The van der Waals surface area contributed by atoms with Crippen molar-refractivity contribution in [2.75, 3.05) is 20.3 Å². The van der Waals surface area contributed by atoms with E-state index in [1.165, 1.54) is 11.4 Å². The largest absolute Gasteiger partial charge is 0.495 e. The lowest BCUT2D eigenvalue weighted by Crippen LogP contribution is -2.39. The van der Waals surface area contributed by atoms with Gasteiger partial charge >= 0.3 is 5.97 Å². The molecule has 1 aromatic rings. The first kappa shape index (κ1) is 19.7. The highest BCUT2D eigenvalue weighted by molar-refractivity contribution is 7.89. The van der Waals surface area contributed by atoms with Gasteiger partial charge in [0.2, 0.25) is 10.0 Å². The molecule has 2 rings (SSSR count). The Bertz CT molecular complexity index is 740. The average molecular weight is 369 g/mol. The van der Waals surface area contributed by atoms with Gasteiger partial charge in [0.1, 0.15) is 10.6 Å². The van der Waals surface area contributed by atoms with Crippen LogP contribution in [0.5, 0.6) is 5.75 Å². The molecule has 1 saturated carbocycles. The highest BCUT2D eigenvalue weighted by Gasteiger charge is 2.41. The molecule has 0 amide bonds. The van der Waals surface area contributed by atoms with Crippen molar-refractivity contribution >= 4 is 16.0 Å². The number of carbonyl (C=O) groups excluding carboxylic acids is 1. The molecule has 1 fully saturated rings. The molecule has 1 aliphatic carbocycles. The molecule has 25 heavy (non-hydrogen) atoms. The fourth-order valence-corrected chi connectivity index (χ4v) is 4.68. The van der Waals surface area contributed by atoms with Crippen LogP contribution in [0.1, 0.15) is 37.8 Å². The summed E-state index contributed by atoms with van der Waals surface area (Å²) in [6, 6.07) is 3.32. The zero-order chi connectivity index (χ0) is 18.8. The molecule has 1 atom stereocenters. The van der Waals surface area contributed by atoms with E-state index in [4.69, 9.17) is 9.47 Å². The standard InChI is InChI=1S/C18H27NO5S/c1-6-24-18(20)14(4)11-19(15-7-8-15)25(21,22)17-10-13(3)12(2)9-16(17)23-5/h9-10,14-15H,6-8,11H2,1-5H3. The molecule has 140 valence electrons. The normalized spacial score (nSPS) is 15.9. The number of hydrogen-bond donors (Lipinski definition) is 0. The van der Waals surface area contributed by atoms with E-state index in [1.54, 1.807) is 26.0 Å². The number of ether oxygens (including phenoxy) is 2. The summed E-state index contributed by atoms with van der Waals surface area (Å²) in [6.45, 7) is 7.61. The highest BCUT2D eigenvalue weighted by atomic mass is 32.2. The summed E-state index contributed by atoms with van der Waals surface area (Å²) >= 11 is 0. The summed E-state index contributed by atoms with van der Waals surface area (Å²) in [5.41, 5.74) is 1.85. The summed E-state index contributed by atoms with van der Waals surface area (Å²) in [6.07, 6.45) is 1.61. The summed E-state index contributed by atoms with van der Waals surface area (Å²) in [5.74, 6) is -0.569. The van der Waals surface area contributed by atoms with Gasteiger partial charge < -0.3 is 9.47 Å². The molecular weight excluding hydrogens is 342 g/mol. The molecular formula is C18H27NO5S. The van der Waals surface area contributed by atoms with Crippen molar-refractivity contribution < 1.29 is 22.7 Å². The lowest BCUT2D eigenvalue weighted by Gasteiger charge is -2.25. The number of sulfonamides is 1. The number of hydrogen-bond acceptors (Lipinski definition) is 5. The first-order valence-corrected chi connectivity index (χ1v) is 10.00. The summed E-state index contributed by atoms with van der Waals surface area (Å²) < 4.78 is 38.3. The first-order chi connectivity index (χ1) is 11.7. The fourth-order valence-electron chi connectivity index (χ4n) is 2.69. The van der Waals surface area contributed by atoms with E-state index < -0.39 is 15.9 Å². The number of carbonyl (C=O) groups is 1. The van der Waals surface area contributed by atoms with Crippen molar-refractivity contribution in [3.05, 3.63) is 23.3 Å². The average Bonchev–Trinajstić information content (AvgIpc) is 3.39. The van der Waals surface area contributed by atoms with Crippen molar-refractivity contribution in [1.29, 1.82) is 0 Å². The fraction of sp³-hybridized carbons (Fsp3) is 0.611. The van der Waals surface area contributed by atoms with Crippen LogP contribution < -0.4 is 4.74 Å². The molecule has 0 spiro atoms. The predicted molar refractivity (Wildman–Crippen MR) is 95.2 cm³/mol. The zero-order valence-corrected chi connectivity index (χ0v) is 16.4. The van der Waals surface area contributed by atoms with Crippen LogP contribution in [0.25, 0.3) is 0 Å². The van der Waals surface area contributed by atoms with E-state index >= 15 is 0 Å². The second-order valence-electron chi connectivity index (χ2n) is 6.55. The first-order valence-electron chi connectivity index (χ1n) is 8.56. The SMILES string of the molecule is CCOC(=O)C(C)CN(C1CC1)S(=O)(=O)c1cc(C)c(C)cc1OC. The summed E-state index contributed by atoms with van der Waals surface area (Å²) in [7, 11) is -2.30. The molecule has 0 heterocycles. The molecule has 6 nitrogen and oxygen atoms in total. The maximum atomic E-state index is 13.3. The molecule has 0 saturated heterocycles. The Labute approximate surface area is 150 Å². The molecule has 0 aromatic heterocycles. The van der Waals surface area contributed by atoms with Gasteiger partial charge in [-0.3, -0.25) is 4.79 Å². The Morgan fingerprint density at radius 3 is 2.40 bits per heavy atom. The molecule has 1 aliphatic rings. The number of nitrogens with zero attached hydrogens (tertiary/aromatic N) is 1. The van der Waals surface area contributed by atoms with Gasteiger partial charge in [0.05, 0.1) is 19.6 Å². The topological polar surface area (TPSA) is 72.9 Å². The number of esters is 1. The Morgan fingerprint density at radius 2 is 1.88 bits per heavy atom. The van der Waals surface area contributed by atoms with Gasteiger partial charge in [-0.2, -0.15) is 4.31 Å². The van der Waals surface area contributed by atoms with Crippen molar-refractivity contribution in [2.45, 2.75) is 51.5 Å². The highest BCUT2D eigenvalue weighted by Crippen LogP contribution is 2.36. The minimum atomic E-state index is -3.76. The van der Waals surface area contributed by atoms with Gasteiger partial charge in [0.15, 0.2) is 0 Å². The van der Waals surface area contributed by atoms with E-state index in [0.29, 0.717) is 5.75 Å². The Kier molecular flexibility index (Phi) is 6.11. The maximum Gasteiger partial charge on any atom is 0.309 e. The van der Waals surface area contributed by atoms with Crippen LogP contribution in [-0.4, -0.2) is 45.0 Å². The summed E-state index contributed by atoms with van der Waals surface area (Å²) in [4.78, 5) is 12.1. The zero-order valence-electron chi connectivity index (χ0n) is 15.5. The second-order valence-corrected chi connectivity index (χ2v) is 8.41. The van der Waals surface area contributed by atoms with E-state index in [-0.39, 0.29) is 30.1 Å². The molecule has 0 N–H and O–H groups in total. The van der Waals surface area contributed by atoms with Crippen molar-refractivity contribution in [1.82, 2.24) is 4.31 Å². The minimum absolute atomic E-state index is 0.0619. The van der Waals surface area contributed by atoms with Crippen LogP contribution in [0, 0.1) is 19.8 Å². The van der Waals surface area contributed by atoms with Crippen molar-refractivity contribution in [2.24, 2.45) is 5.92 Å². The third-order valence-corrected chi connectivity index (χ3v) is 6.40. The van der Waals surface area contributed by atoms with Gasteiger partial charge in [-0.1, -0.05) is 6.92 Å². The second kappa shape index (κ2) is 7.74. The molecule has 0 radical (unpaired) electrons. The lowest BCUT2D eigenvalue weighted by molar-refractivity contribution is -0.147. The van der Waals surface area contributed by atoms with E-state index in [2.05, 4.69) is 0 Å². The number of rotatable bonds is 8. The molecule has 0 bridgehead atoms. The lowest BCUT2D eigenvalue weighted by atomic mass is 10.1. The molecule has 7 heteroatoms. The predicted octanol–water partition coefficient (Wildman–Crippen LogP) is 2.66. The quantitative estimate of drug-likeness (QED) is 0.659. The molecule has 1 unspecified atom stereocenters. The number of methoxy groups -OCH3 is 1. The van der Waals surface area contributed by atoms with Crippen molar-refractivity contribution in [3.63, 3.8) is 0 Å². The number of benzene rings is 1. The van der Waals surface area contributed by atoms with Gasteiger partial charge in [0.25, 0.3) is 0 Å². The van der Waals surface area contributed by atoms with Gasteiger partial charge in [-0.25, -0.2) is 8.42 Å². The van der Waals surface area contributed by atoms with E-state index in [1.807, 2.05) is 13.8 Å². The Balaban J connectivity index is 2.37. The third kappa shape index (κ3) is 4.33. The van der Waals surface area contributed by atoms with Gasteiger partial charge in [0, 0.05) is 12.6 Å².